The molecule has 1 aromatic heterocycles. The lowest BCUT2D eigenvalue weighted by Crippen LogP contribution is -2.33. The molecular weight excluding hydrogens is 232 g/mol. The molecule has 19 heavy (non-hydrogen) atoms. The molecule has 0 saturated carbocycles. The van der Waals surface area contributed by atoms with E-state index in [9.17, 15) is 0 Å². The summed E-state index contributed by atoms with van der Waals surface area (Å²) in [5.41, 5.74) is 2.72. The Bertz CT molecular complexity index is 488. The van der Waals surface area contributed by atoms with E-state index < -0.39 is 0 Å². The second kappa shape index (κ2) is 5.79. The fourth-order valence-electron chi connectivity index (χ4n) is 3.17. The lowest BCUT2D eigenvalue weighted by Gasteiger charge is -2.31. The number of H-pyrrole nitrogens is 1. The summed E-state index contributed by atoms with van der Waals surface area (Å²) in [7, 11) is 0. The van der Waals surface area contributed by atoms with Crippen LogP contribution in [0.25, 0.3) is 10.9 Å². The molecule has 102 valence electrons. The van der Waals surface area contributed by atoms with Crippen LogP contribution in [0.2, 0.25) is 0 Å². The zero-order valence-corrected chi connectivity index (χ0v) is 11.9. The van der Waals surface area contributed by atoms with Crippen LogP contribution in [-0.4, -0.2) is 29.5 Å². The second-order valence-electron chi connectivity index (χ2n) is 5.78. The monoisotopic (exact) mass is 256 g/mol. The highest BCUT2D eigenvalue weighted by atomic mass is 15.1. The number of unbranched alkanes of at least 4 members (excludes halogenated alkanes) is 1. The highest BCUT2D eigenvalue weighted by molar-refractivity contribution is 5.80. The quantitative estimate of drug-likeness (QED) is 0.870. The minimum Gasteiger partial charge on any atom is -0.358 e. The molecule has 1 aromatic carbocycles. The van der Waals surface area contributed by atoms with Crippen molar-refractivity contribution in [3.05, 3.63) is 36.0 Å². The minimum atomic E-state index is 0.727. The standard InChI is InChI=1S/C17H24N2/c1-2-3-10-19-11-8-14(9-12-19)17-13-15-6-4-5-7-16(15)18-17/h4-7,13-14,18H,2-3,8-12H2,1H3. The third-order valence-corrected chi connectivity index (χ3v) is 4.41. The van der Waals surface area contributed by atoms with E-state index in [1.165, 1.54) is 61.9 Å². The normalized spacial score (nSPS) is 18.2. The van der Waals surface area contributed by atoms with Gasteiger partial charge in [-0.25, -0.2) is 0 Å². The van der Waals surface area contributed by atoms with E-state index in [2.05, 4.69) is 47.1 Å². The van der Waals surface area contributed by atoms with Crippen LogP contribution in [0.15, 0.2) is 30.3 Å². The van der Waals surface area contributed by atoms with Gasteiger partial charge in [-0.1, -0.05) is 31.5 Å². The average molecular weight is 256 g/mol. The van der Waals surface area contributed by atoms with Gasteiger partial charge in [0.15, 0.2) is 0 Å². The van der Waals surface area contributed by atoms with E-state index in [1.807, 2.05) is 0 Å². The Morgan fingerprint density at radius 3 is 2.74 bits per heavy atom. The summed E-state index contributed by atoms with van der Waals surface area (Å²) in [4.78, 5) is 6.23. The number of benzene rings is 1. The molecule has 0 aliphatic carbocycles. The highest BCUT2D eigenvalue weighted by Gasteiger charge is 2.21. The first-order valence-electron chi connectivity index (χ1n) is 7.67. The zero-order chi connectivity index (χ0) is 13.1. The molecule has 2 heterocycles. The number of hydrogen-bond acceptors (Lipinski definition) is 1. The van der Waals surface area contributed by atoms with Crippen LogP contribution in [0.3, 0.4) is 0 Å². The van der Waals surface area contributed by atoms with Gasteiger partial charge >= 0.3 is 0 Å². The number of fused-ring (bicyclic) bond motifs is 1. The number of nitrogens with zero attached hydrogens (tertiary/aromatic N) is 1. The molecule has 2 nitrogen and oxygen atoms in total. The van der Waals surface area contributed by atoms with Crippen LogP contribution in [0.5, 0.6) is 0 Å². The van der Waals surface area contributed by atoms with Gasteiger partial charge in [-0.05, 0) is 56.4 Å². The van der Waals surface area contributed by atoms with E-state index in [-0.39, 0.29) is 0 Å². The van der Waals surface area contributed by atoms with Gasteiger partial charge in [-0.2, -0.15) is 0 Å². The summed E-state index contributed by atoms with van der Waals surface area (Å²) in [5, 5.41) is 1.35. The van der Waals surface area contributed by atoms with Crippen molar-refractivity contribution in [2.45, 2.75) is 38.5 Å². The summed E-state index contributed by atoms with van der Waals surface area (Å²) in [6, 6.07) is 11.0. The Balaban J connectivity index is 1.64. The minimum absolute atomic E-state index is 0.727. The van der Waals surface area contributed by atoms with Crippen molar-refractivity contribution in [2.75, 3.05) is 19.6 Å². The lowest BCUT2D eigenvalue weighted by molar-refractivity contribution is 0.208. The van der Waals surface area contributed by atoms with E-state index in [1.54, 1.807) is 0 Å². The van der Waals surface area contributed by atoms with Gasteiger partial charge in [0.1, 0.15) is 0 Å². The van der Waals surface area contributed by atoms with Gasteiger partial charge in [0.05, 0.1) is 0 Å². The highest BCUT2D eigenvalue weighted by Crippen LogP contribution is 2.29. The van der Waals surface area contributed by atoms with Crippen LogP contribution in [0.4, 0.5) is 0 Å². The van der Waals surface area contributed by atoms with E-state index >= 15 is 0 Å². The Morgan fingerprint density at radius 2 is 2.00 bits per heavy atom. The lowest BCUT2D eigenvalue weighted by atomic mass is 9.93. The fourth-order valence-corrected chi connectivity index (χ4v) is 3.17. The van der Waals surface area contributed by atoms with E-state index in [4.69, 9.17) is 0 Å². The molecule has 0 amide bonds. The Labute approximate surface area is 115 Å². The molecule has 1 aliphatic heterocycles. The second-order valence-corrected chi connectivity index (χ2v) is 5.78. The first-order chi connectivity index (χ1) is 9.36. The summed E-state index contributed by atoms with van der Waals surface area (Å²) in [5.74, 6) is 0.727. The molecule has 2 heteroatoms. The summed E-state index contributed by atoms with van der Waals surface area (Å²) < 4.78 is 0. The molecule has 2 aromatic rings. The molecule has 0 unspecified atom stereocenters. The number of nitrogens with one attached hydrogen (secondary N) is 1. The maximum Gasteiger partial charge on any atom is 0.0456 e. The van der Waals surface area contributed by atoms with E-state index in [0.29, 0.717) is 0 Å². The number of rotatable bonds is 4. The van der Waals surface area contributed by atoms with Crippen LogP contribution in [-0.2, 0) is 0 Å². The Kier molecular flexibility index (Phi) is 3.88. The molecule has 1 saturated heterocycles. The van der Waals surface area contributed by atoms with Crippen LogP contribution in [0, 0.1) is 0 Å². The average Bonchev–Trinajstić information content (AvgIpc) is 2.89. The van der Waals surface area contributed by atoms with Crippen LogP contribution in [0.1, 0.15) is 44.2 Å². The van der Waals surface area contributed by atoms with Gasteiger partial charge in [0.25, 0.3) is 0 Å². The third kappa shape index (κ3) is 2.84. The number of piperidine rings is 1. The smallest absolute Gasteiger partial charge is 0.0456 e. The topological polar surface area (TPSA) is 19.0 Å². The molecular formula is C17H24N2. The van der Waals surface area contributed by atoms with Crippen LogP contribution < -0.4 is 0 Å². The van der Waals surface area contributed by atoms with Crippen molar-refractivity contribution in [2.24, 2.45) is 0 Å². The van der Waals surface area contributed by atoms with Crippen molar-refractivity contribution in [1.29, 1.82) is 0 Å². The van der Waals surface area contributed by atoms with Crippen molar-refractivity contribution in [3.8, 4) is 0 Å². The molecule has 3 rings (SSSR count). The first kappa shape index (κ1) is 12.7. The molecule has 0 atom stereocenters. The summed E-state index contributed by atoms with van der Waals surface area (Å²) in [6.07, 6.45) is 5.26. The van der Waals surface area contributed by atoms with Gasteiger partial charge in [0, 0.05) is 17.1 Å². The predicted molar refractivity (Wildman–Crippen MR) is 81.6 cm³/mol. The summed E-state index contributed by atoms with van der Waals surface area (Å²) >= 11 is 0. The fraction of sp³-hybridized carbons (Fsp3) is 0.529. The van der Waals surface area contributed by atoms with Crippen molar-refractivity contribution < 1.29 is 0 Å². The molecule has 0 radical (unpaired) electrons. The first-order valence-corrected chi connectivity index (χ1v) is 7.67. The van der Waals surface area contributed by atoms with Crippen molar-refractivity contribution in [1.82, 2.24) is 9.88 Å². The largest absolute Gasteiger partial charge is 0.358 e. The molecule has 1 aliphatic rings. The number of aromatic amines is 1. The van der Waals surface area contributed by atoms with Gasteiger partial charge < -0.3 is 9.88 Å². The zero-order valence-electron chi connectivity index (χ0n) is 11.9. The SMILES string of the molecule is CCCCN1CCC(c2cc3ccccc3[nH]2)CC1. The van der Waals surface area contributed by atoms with E-state index in [0.717, 1.165) is 5.92 Å². The Hall–Kier alpha value is -1.28. The van der Waals surface area contributed by atoms with Crippen LogP contribution >= 0.6 is 0 Å². The van der Waals surface area contributed by atoms with Gasteiger partial charge in [-0.3, -0.25) is 0 Å². The van der Waals surface area contributed by atoms with Crippen molar-refractivity contribution in [3.63, 3.8) is 0 Å². The molecule has 0 spiro atoms. The molecule has 0 bridgehead atoms. The number of hydrogen-bond donors (Lipinski definition) is 1. The van der Waals surface area contributed by atoms with Gasteiger partial charge in [-0.15, -0.1) is 0 Å². The maximum atomic E-state index is 3.60. The number of likely N-dealkylation sites (tertiary alicyclic amines) is 1. The number of aromatic nitrogens is 1. The third-order valence-electron chi connectivity index (χ3n) is 4.41. The Morgan fingerprint density at radius 1 is 1.21 bits per heavy atom. The maximum absolute atomic E-state index is 3.60. The van der Waals surface area contributed by atoms with Gasteiger partial charge in [0.2, 0.25) is 0 Å². The predicted octanol–water partition coefficient (Wildman–Crippen LogP) is 4.15. The molecule has 1 N–H and O–H groups in total. The van der Waals surface area contributed by atoms with Crippen molar-refractivity contribution >= 4 is 10.9 Å². The summed E-state index contributed by atoms with van der Waals surface area (Å²) in [6.45, 7) is 6.09. The number of para-hydroxylation sites is 1. The molecule has 1 fully saturated rings.